The maximum absolute atomic E-state index is 10.5. The van der Waals surface area contributed by atoms with E-state index in [0.717, 1.165) is 35.7 Å². The first-order valence-electron chi connectivity index (χ1n) is 11.3. The van der Waals surface area contributed by atoms with Gasteiger partial charge in [0.15, 0.2) is 0 Å². The van der Waals surface area contributed by atoms with E-state index in [0.29, 0.717) is 24.7 Å². The minimum atomic E-state index is -0.378. The molecular weight excluding hydrogens is 402 g/mol. The number of hydrogen-bond donors (Lipinski definition) is 1. The van der Waals surface area contributed by atoms with E-state index < -0.39 is 0 Å². The number of benzene rings is 2. The molecule has 0 radical (unpaired) electrons. The second-order valence-corrected chi connectivity index (χ2v) is 8.44. The normalized spacial score (nSPS) is 12.4. The van der Waals surface area contributed by atoms with E-state index >= 15 is 0 Å². The number of hydrogen-bond acceptors (Lipinski definition) is 5. The molecule has 1 atom stereocenters. The number of aliphatic hydroxyl groups is 1. The zero-order valence-corrected chi connectivity index (χ0v) is 19.8. The van der Waals surface area contributed by atoms with Gasteiger partial charge in [0, 0.05) is 13.1 Å². The Labute approximate surface area is 191 Å². The molecule has 2 aromatic carbocycles. The highest BCUT2D eigenvalue weighted by molar-refractivity contribution is 5.44. The van der Waals surface area contributed by atoms with Crippen LogP contribution in [0.2, 0.25) is 0 Å². The summed E-state index contributed by atoms with van der Waals surface area (Å²) in [5, 5.41) is 15.3. The summed E-state index contributed by atoms with van der Waals surface area (Å²) in [7, 11) is 1.65. The molecule has 1 unspecified atom stereocenters. The average Bonchev–Trinajstić information content (AvgIpc) is 3.10. The average molecular weight is 438 g/mol. The van der Waals surface area contributed by atoms with E-state index in [-0.39, 0.29) is 12.0 Å². The molecule has 0 saturated heterocycles. The van der Waals surface area contributed by atoms with Crippen LogP contribution in [-0.2, 0) is 6.54 Å². The smallest absolute Gasteiger partial charge is 0.227 e. The maximum Gasteiger partial charge on any atom is 0.227 e. The van der Waals surface area contributed by atoms with Crippen molar-refractivity contribution in [1.82, 2.24) is 14.7 Å². The summed E-state index contributed by atoms with van der Waals surface area (Å²) < 4.78 is 13.5. The molecule has 0 aliphatic rings. The predicted octanol–water partition coefficient (Wildman–Crippen LogP) is 5.21. The second kappa shape index (κ2) is 11.2. The largest absolute Gasteiger partial charge is 0.497 e. The molecule has 1 N–H and O–H groups in total. The molecule has 1 aromatic heterocycles. The molecule has 0 fully saturated rings. The molecule has 0 bridgehead atoms. The summed E-state index contributed by atoms with van der Waals surface area (Å²) in [6, 6.07) is 17.6. The van der Waals surface area contributed by atoms with Crippen LogP contribution >= 0.6 is 0 Å². The van der Waals surface area contributed by atoms with E-state index in [4.69, 9.17) is 14.6 Å². The van der Waals surface area contributed by atoms with Gasteiger partial charge in [-0.3, -0.25) is 4.90 Å². The molecule has 1 heterocycles. The quantitative estimate of drug-likeness (QED) is 0.446. The Bertz CT molecular complexity index is 968. The molecule has 32 heavy (non-hydrogen) atoms. The highest BCUT2D eigenvalue weighted by atomic mass is 16.5. The first-order valence-corrected chi connectivity index (χ1v) is 11.3. The Morgan fingerprint density at radius 3 is 2.28 bits per heavy atom. The molecule has 0 aliphatic heterocycles. The van der Waals surface area contributed by atoms with Gasteiger partial charge in [-0.1, -0.05) is 39.0 Å². The summed E-state index contributed by atoms with van der Waals surface area (Å²) in [6.45, 7) is 10.4. The first kappa shape index (κ1) is 23.8. The lowest BCUT2D eigenvalue weighted by Crippen LogP contribution is -2.35. The second-order valence-electron chi connectivity index (χ2n) is 8.44. The van der Waals surface area contributed by atoms with Gasteiger partial charge < -0.3 is 14.6 Å². The molecule has 3 aromatic rings. The Morgan fingerprint density at radius 1 is 1.03 bits per heavy atom. The van der Waals surface area contributed by atoms with Gasteiger partial charge in [-0.15, -0.1) is 0 Å². The first-order chi connectivity index (χ1) is 15.4. The third-order valence-electron chi connectivity index (χ3n) is 5.55. The maximum atomic E-state index is 10.5. The Hall–Kier alpha value is -2.83. The van der Waals surface area contributed by atoms with Crippen molar-refractivity contribution in [2.24, 2.45) is 5.92 Å². The fourth-order valence-corrected chi connectivity index (χ4v) is 3.57. The minimum absolute atomic E-state index is 0.206. The van der Waals surface area contributed by atoms with E-state index in [1.54, 1.807) is 7.11 Å². The van der Waals surface area contributed by atoms with Crippen LogP contribution in [0.5, 0.6) is 17.4 Å². The van der Waals surface area contributed by atoms with Crippen LogP contribution in [0.25, 0.3) is 5.69 Å². The lowest BCUT2D eigenvalue weighted by atomic mass is 10.1. The number of aryl methyl sites for hydroxylation is 1. The zero-order valence-electron chi connectivity index (χ0n) is 19.8. The van der Waals surface area contributed by atoms with Gasteiger partial charge in [-0.05, 0) is 62.2 Å². The van der Waals surface area contributed by atoms with Crippen molar-refractivity contribution in [1.29, 1.82) is 0 Å². The monoisotopic (exact) mass is 437 g/mol. The van der Waals surface area contributed by atoms with Crippen molar-refractivity contribution in [3.05, 3.63) is 65.9 Å². The number of aromatic nitrogens is 2. The van der Waals surface area contributed by atoms with Crippen molar-refractivity contribution in [3.8, 4) is 23.1 Å². The molecule has 3 rings (SSSR count). The van der Waals surface area contributed by atoms with E-state index in [1.165, 1.54) is 0 Å². The van der Waals surface area contributed by atoms with E-state index in [2.05, 4.69) is 11.8 Å². The standard InChI is InChI=1S/C26H35N3O3/c1-6-16-28(18-25(30)19(2)3)17-24-20(4)27-29(21-10-8-7-9-11-21)26(24)32-23-14-12-22(31-5)13-15-23/h7-15,19,25,30H,6,16-18H2,1-5H3. The minimum Gasteiger partial charge on any atom is -0.497 e. The molecular formula is C26H35N3O3. The molecule has 6 nitrogen and oxygen atoms in total. The van der Waals surface area contributed by atoms with E-state index in [1.807, 2.05) is 80.1 Å². The highest BCUT2D eigenvalue weighted by Crippen LogP contribution is 2.32. The van der Waals surface area contributed by atoms with Gasteiger partial charge in [-0.25, -0.2) is 4.68 Å². The number of nitrogens with zero attached hydrogens (tertiary/aromatic N) is 3. The van der Waals surface area contributed by atoms with Crippen LogP contribution in [-0.4, -0.2) is 46.1 Å². The van der Waals surface area contributed by atoms with Crippen LogP contribution in [0.3, 0.4) is 0 Å². The summed E-state index contributed by atoms with van der Waals surface area (Å²) in [4.78, 5) is 2.28. The van der Waals surface area contributed by atoms with Gasteiger partial charge in [0.05, 0.1) is 30.2 Å². The predicted molar refractivity (Wildman–Crippen MR) is 128 cm³/mol. The molecule has 0 spiro atoms. The number of ether oxygens (including phenoxy) is 2. The summed E-state index contributed by atoms with van der Waals surface area (Å²) in [5.74, 6) is 2.40. The van der Waals surface area contributed by atoms with Gasteiger partial charge in [0.1, 0.15) is 11.5 Å². The van der Waals surface area contributed by atoms with Crippen LogP contribution in [0.4, 0.5) is 0 Å². The van der Waals surface area contributed by atoms with Gasteiger partial charge in [0.2, 0.25) is 5.88 Å². The summed E-state index contributed by atoms with van der Waals surface area (Å²) in [6.07, 6.45) is 0.628. The van der Waals surface area contributed by atoms with Crippen molar-refractivity contribution >= 4 is 0 Å². The number of para-hydroxylation sites is 1. The van der Waals surface area contributed by atoms with Gasteiger partial charge >= 0.3 is 0 Å². The Kier molecular flexibility index (Phi) is 8.31. The SMILES string of the molecule is CCCN(Cc1c(C)nn(-c2ccccc2)c1Oc1ccc(OC)cc1)CC(O)C(C)C. The van der Waals surface area contributed by atoms with Gasteiger partial charge in [-0.2, -0.15) is 5.10 Å². The van der Waals surface area contributed by atoms with Gasteiger partial charge in [0.25, 0.3) is 0 Å². The molecule has 0 amide bonds. The lowest BCUT2D eigenvalue weighted by molar-refractivity contribution is 0.0728. The van der Waals surface area contributed by atoms with Crippen molar-refractivity contribution < 1.29 is 14.6 Å². The Morgan fingerprint density at radius 2 is 1.69 bits per heavy atom. The van der Waals surface area contributed by atoms with Crippen LogP contribution in [0.1, 0.15) is 38.4 Å². The van der Waals surface area contributed by atoms with Crippen molar-refractivity contribution in [2.45, 2.75) is 46.8 Å². The number of aliphatic hydroxyl groups excluding tert-OH is 1. The topological polar surface area (TPSA) is 59.8 Å². The number of methoxy groups -OCH3 is 1. The summed E-state index contributed by atoms with van der Waals surface area (Å²) >= 11 is 0. The lowest BCUT2D eigenvalue weighted by Gasteiger charge is -2.26. The fourth-order valence-electron chi connectivity index (χ4n) is 3.57. The molecule has 0 saturated carbocycles. The fraction of sp³-hybridized carbons (Fsp3) is 0.423. The van der Waals surface area contributed by atoms with Crippen LogP contribution in [0.15, 0.2) is 54.6 Å². The van der Waals surface area contributed by atoms with Crippen molar-refractivity contribution in [3.63, 3.8) is 0 Å². The molecule has 6 heteroatoms. The third kappa shape index (κ3) is 5.90. The highest BCUT2D eigenvalue weighted by Gasteiger charge is 2.23. The Balaban J connectivity index is 1.98. The van der Waals surface area contributed by atoms with E-state index in [9.17, 15) is 5.11 Å². The van der Waals surface area contributed by atoms with Crippen LogP contribution < -0.4 is 9.47 Å². The zero-order chi connectivity index (χ0) is 23.1. The molecule has 0 aliphatic carbocycles. The number of rotatable bonds is 11. The molecule has 172 valence electrons. The van der Waals surface area contributed by atoms with Crippen molar-refractivity contribution in [2.75, 3.05) is 20.2 Å². The third-order valence-corrected chi connectivity index (χ3v) is 5.55. The summed E-state index contributed by atoms with van der Waals surface area (Å²) in [5.41, 5.74) is 2.88. The van der Waals surface area contributed by atoms with Crippen LogP contribution in [0, 0.1) is 12.8 Å².